The van der Waals surface area contributed by atoms with Crippen LogP contribution in [-0.2, 0) is 4.74 Å². The molecule has 0 atom stereocenters. The molecule has 0 aliphatic heterocycles. The van der Waals surface area contributed by atoms with Gasteiger partial charge in [0.25, 0.3) is 0 Å². The second-order valence-corrected chi connectivity index (χ2v) is 3.64. The summed E-state index contributed by atoms with van der Waals surface area (Å²) in [6.45, 7) is 3.13. The van der Waals surface area contributed by atoms with Crippen LogP contribution < -0.4 is 0 Å². The molecule has 0 unspecified atom stereocenters. The number of unbranched alkanes of at least 4 members (excludes halogenated alkanes) is 1. The summed E-state index contributed by atoms with van der Waals surface area (Å²) in [5, 5.41) is 0. The summed E-state index contributed by atoms with van der Waals surface area (Å²) < 4.78 is 5.44. The van der Waals surface area contributed by atoms with Gasteiger partial charge in [-0.1, -0.05) is 26.2 Å². The second-order valence-electron chi connectivity index (χ2n) is 3.64. The van der Waals surface area contributed by atoms with Crippen LogP contribution in [0.25, 0.3) is 0 Å². The summed E-state index contributed by atoms with van der Waals surface area (Å²) in [5.41, 5.74) is 0. The average molecular weight is 168 g/mol. The fourth-order valence-electron chi connectivity index (χ4n) is 1.67. The monoisotopic (exact) mass is 168 g/mol. The quantitative estimate of drug-likeness (QED) is 0.571. The Morgan fingerprint density at radius 3 is 2.75 bits per heavy atom. The minimum Gasteiger partial charge on any atom is -0.501 e. The highest BCUT2D eigenvalue weighted by atomic mass is 16.5. The van der Waals surface area contributed by atoms with Crippen molar-refractivity contribution in [2.24, 2.45) is 5.92 Å². The Kier molecular flexibility index (Phi) is 4.89. The predicted octanol–water partition coefficient (Wildman–Crippen LogP) is 3.51. The van der Waals surface area contributed by atoms with Crippen molar-refractivity contribution in [3.05, 3.63) is 12.3 Å². The van der Waals surface area contributed by atoms with E-state index >= 15 is 0 Å². The fraction of sp³-hybridized carbons (Fsp3) is 0.818. The first kappa shape index (κ1) is 9.63. The molecule has 0 radical (unpaired) electrons. The Labute approximate surface area is 75.8 Å². The first-order valence-electron chi connectivity index (χ1n) is 5.20. The molecule has 1 heteroatoms. The van der Waals surface area contributed by atoms with Crippen LogP contribution in [0.5, 0.6) is 0 Å². The third-order valence-corrected chi connectivity index (χ3v) is 2.45. The van der Waals surface area contributed by atoms with Crippen LogP contribution in [-0.4, -0.2) is 6.61 Å². The van der Waals surface area contributed by atoms with Crippen molar-refractivity contribution in [2.75, 3.05) is 6.61 Å². The average Bonchev–Trinajstić information content (AvgIpc) is 2.57. The molecule has 1 saturated carbocycles. The first-order valence-corrected chi connectivity index (χ1v) is 5.20. The molecule has 1 aliphatic carbocycles. The third-order valence-electron chi connectivity index (χ3n) is 2.45. The molecular weight excluding hydrogens is 148 g/mol. The molecule has 0 aromatic carbocycles. The van der Waals surface area contributed by atoms with Gasteiger partial charge in [0, 0.05) is 0 Å². The van der Waals surface area contributed by atoms with Crippen LogP contribution in [0.15, 0.2) is 12.3 Å². The van der Waals surface area contributed by atoms with Gasteiger partial charge in [0.15, 0.2) is 0 Å². The van der Waals surface area contributed by atoms with Crippen molar-refractivity contribution in [3.8, 4) is 0 Å². The summed E-state index contributed by atoms with van der Waals surface area (Å²) in [4.78, 5) is 0. The van der Waals surface area contributed by atoms with Gasteiger partial charge in [-0.15, -0.1) is 0 Å². The number of ether oxygens (including phenoxy) is 1. The van der Waals surface area contributed by atoms with Gasteiger partial charge in [0.1, 0.15) is 0 Å². The molecule has 1 nitrogen and oxygen atoms in total. The Balaban J connectivity index is 1.94. The maximum absolute atomic E-state index is 5.44. The van der Waals surface area contributed by atoms with Crippen molar-refractivity contribution in [3.63, 3.8) is 0 Å². The molecule has 1 rings (SSSR count). The molecule has 0 aromatic rings. The first-order chi connectivity index (χ1) is 5.93. The molecule has 70 valence electrons. The topological polar surface area (TPSA) is 9.23 Å². The number of hydrogen-bond acceptors (Lipinski definition) is 1. The predicted molar refractivity (Wildman–Crippen MR) is 52.0 cm³/mol. The van der Waals surface area contributed by atoms with E-state index in [2.05, 4.69) is 13.0 Å². The van der Waals surface area contributed by atoms with Gasteiger partial charge in [-0.2, -0.15) is 0 Å². The normalized spacial score (nSPS) is 19.1. The lowest BCUT2D eigenvalue weighted by atomic mass is 10.1. The largest absolute Gasteiger partial charge is 0.501 e. The minimum absolute atomic E-state index is 0.844. The standard InChI is InChI=1S/C11H20O/c1-2-3-6-9-12-10-11-7-4-5-8-11/h6,9,11H,2-5,7-8,10H2,1H3. The summed E-state index contributed by atoms with van der Waals surface area (Å²) in [5.74, 6) is 0.844. The van der Waals surface area contributed by atoms with Crippen molar-refractivity contribution in [1.29, 1.82) is 0 Å². The van der Waals surface area contributed by atoms with E-state index in [4.69, 9.17) is 4.74 Å². The second kappa shape index (κ2) is 6.10. The number of rotatable bonds is 5. The Hall–Kier alpha value is -0.460. The molecule has 0 bridgehead atoms. The maximum Gasteiger partial charge on any atom is 0.0901 e. The van der Waals surface area contributed by atoms with Crippen molar-refractivity contribution < 1.29 is 4.74 Å². The maximum atomic E-state index is 5.44. The highest BCUT2D eigenvalue weighted by Gasteiger charge is 2.14. The zero-order valence-corrected chi connectivity index (χ0v) is 8.09. The van der Waals surface area contributed by atoms with E-state index in [0.29, 0.717) is 0 Å². The summed E-state index contributed by atoms with van der Waals surface area (Å²) in [6.07, 6.45) is 11.9. The van der Waals surface area contributed by atoms with Crippen LogP contribution >= 0.6 is 0 Å². The Morgan fingerprint density at radius 1 is 1.33 bits per heavy atom. The van der Waals surface area contributed by atoms with Gasteiger partial charge in [0.05, 0.1) is 12.9 Å². The molecule has 0 heterocycles. The molecule has 12 heavy (non-hydrogen) atoms. The van der Waals surface area contributed by atoms with Gasteiger partial charge < -0.3 is 4.74 Å². The third kappa shape index (κ3) is 3.80. The number of allylic oxidation sites excluding steroid dienone is 1. The van der Waals surface area contributed by atoms with Gasteiger partial charge in [-0.25, -0.2) is 0 Å². The van der Waals surface area contributed by atoms with Crippen molar-refractivity contribution in [1.82, 2.24) is 0 Å². The smallest absolute Gasteiger partial charge is 0.0901 e. The molecule has 0 amide bonds. The lowest BCUT2D eigenvalue weighted by Crippen LogP contribution is -2.01. The van der Waals surface area contributed by atoms with E-state index in [1.54, 1.807) is 0 Å². The van der Waals surface area contributed by atoms with Crippen LogP contribution in [0.3, 0.4) is 0 Å². The van der Waals surface area contributed by atoms with Crippen LogP contribution in [0.4, 0.5) is 0 Å². The number of hydrogen-bond donors (Lipinski definition) is 0. The van der Waals surface area contributed by atoms with Gasteiger partial charge in [0.2, 0.25) is 0 Å². The van der Waals surface area contributed by atoms with Crippen LogP contribution in [0.1, 0.15) is 45.4 Å². The Morgan fingerprint density at radius 2 is 2.08 bits per heavy atom. The summed E-state index contributed by atoms with van der Waals surface area (Å²) in [7, 11) is 0. The van der Waals surface area contributed by atoms with Crippen LogP contribution in [0.2, 0.25) is 0 Å². The van der Waals surface area contributed by atoms with Crippen molar-refractivity contribution >= 4 is 0 Å². The molecular formula is C11H20O. The summed E-state index contributed by atoms with van der Waals surface area (Å²) in [6, 6.07) is 0. The van der Waals surface area contributed by atoms with Gasteiger partial charge in [-0.05, 0) is 31.3 Å². The molecule has 0 spiro atoms. The van der Waals surface area contributed by atoms with E-state index < -0.39 is 0 Å². The van der Waals surface area contributed by atoms with E-state index in [1.165, 1.54) is 32.1 Å². The molecule has 0 saturated heterocycles. The Bertz CT molecular complexity index is 123. The van der Waals surface area contributed by atoms with E-state index in [0.717, 1.165) is 18.9 Å². The van der Waals surface area contributed by atoms with Gasteiger partial charge in [-0.3, -0.25) is 0 Å². The lowest BCUT2D eigenvalue weighted by molar-refractivity contribution is 0.196. The highest BCUT2D eigenvalue weighted by Crippen LogP contribution is 2.24. The molecule has 1 fully saturated rings. The molecule has 0 aromatic heterocycles. The van der Waals surface area contributed by atoms with Gasteiger partial charge >= 0.3 is 0 Å². The lowest BCUT2D eigenvalue weighted by Gasteiger charge is -2.06. The fourth-order valence-corrected chi connectivity index (χ4v) is 1.67. The van der Waals surface area contributed by atoms with E-state index in [9.17, 15) is 0 Å². The molecule has 0 N–H and O–H groups in total. The summed E-state index contributed by atoms with van der Waals surface area (Å²) >= 11 is 0. The zero-order chi connectivity index (χ0) is 8.65. The zero-order valence-electron chi connectivity index (χ0n) is 8.09. The minimum atomic E-state index is 0.844. The van der Waals surface area contributed by atoms with Crippen molar-refractivity contribution in [2.45, 2.75) is 45.4 Å². The SMILES string of the molecule is CCCC=COCC1CCCC1. The van der Waals surface area contributed by atoms with Crippen LogP contribution in [0, 0.1) is 5.92 Å². The highest BCUT2D eigenvalue weighted by molar-refractivity contribution is 4.74. The molecule has 1 aliphatic rings. The van der Waals surface area contributed by atoms with E-state index in [1.807, 2.05) is 6.26 Å². The van der Waals surface area contributed by atoms with E-state index in [-0.39, 0.29) is 0 Å².